The Morgan fingerprint density at radius 1 is 0.732 bits per heavy atom. The van der Waals surface area contributed by atoms with E-state index in [2.05, 4.69) is 65.8 Å². The Kier molecular flexibility index (Phi) is 13.1. The van der Waals surface area contributed by atoms with E-state index in [0.717, 1.165) is 30.6 Å². The van der Waals surface area contributed by atoms with Crippen molar-refractivity contribution in [3.8, 4) is 11.5 Å². The minimum atomic E-state index is -0.551. The zero-order valence-corrected chi connectivity index (χ0v) is 26.5. The van der Waals surface area contributed by atoms with Gasteiger partial charge in [0.25, 0.3) is 0 Å². The van der Waals surface area contributed by atoms with Crippen molar-refractivity contribution in [3.63, 3.8) is 0 Å². The van der Waals surface area contributed by atoms with Crippen LogP contribution in [0.5, 0.6) is 11.5 Å². The van der Waals surface area contributed by atoms with Crippen LogP contribution in [0.1, 0.15) is 92.7 Å². The smallest absolute Gasteiger partial charge is 0.331 e. The highest BCUT2D eigenvalue weighted by Crippen LogP contribution is 2.33. The second kappa shape index (κ2) is 15.8. The van der Waals surface area contributed by atoms with Crippen molar-refractivity contribution in [3.05, 3.63) is 71.8 Å². The molecule has 0 fully saturated rings. The molecular weight excluding hydrogens is 516 g/mol. The first-order valence-electron chi connectivity index (χ1n) is 14.9. The van der Waals surface area contributed by atoms with Crippen LogP contribution in [-0.4, -0.2) is 42.8 Å². The zero-order chi connectivity index (χ0) is 30.6. The van der Waals surface area contributed by atoms with Crippen molar-refractivity contribution in [2.24, 2.45) is 5.92 Å². The maximum Gasteiger partial charge on any atom is 0.331 e. The molecule has 0 saturated heterocycles. The van der Waals surface area contributed by atoms with E-state index in [4.69, 9.17) is 18.9 Å². The fourth-order valence-corrected chi connectivity index (χ4v) is 4.25. The molecule has 0 aliphatic rings. The predicted octanol–water partition coefficient (Wildman–Crippen LogP) is 7.86. The second-order valence-corrected chi connectivity index (χ2v) is 11.7. The summed E-state index contributed by atoms with van der Waals surface area (Å²) < 4.78 is 23.4. The van der Waals surface area contributed by atoms with Crippen LogP contribution in [0.3, 0.4) is 0 Å². The number of carbonyl (C=O) groups is 2. The quantitative estimate of drug-likeness (QED) is 0.143. The average molecular weight is 567 g/mol. The van der Waals surface area contributed by atoms with Crippen molar-refractivity contribution in [1.29, 1.82) is 0 Å². The standard InChI is InChI=1S/C35H50O6/c1-10-25(4)32(36)21-22-33(37)40-26(5)23-38-30-17-13-28(14-18-30)34(7,8)29-15-19-31(20-16-29)39-24-27(6)41-35(9,11-2)12-3/h13-22,25-27H,10-12,23-24H2,1-9H3/b22-21+. The van der Waals surface area contributed by atoms with E-state index < -0.39 is 12.1 Å². The largest absolute Gasteiger partial charge is 0.491 e. The van der Waals surface area contributed by atoms with Crippen molar-refractivity contribution in [2.75, 3.05) is 13.2 Å². The first-order chi connectivity index (χ1) is 19.3. The van der Waals surface area contributed by atoms with Gasteiger partial charge in [-0.15, -0.1) is 0 Å². The number of ketones is 1. The van der Waals surface area contributed by atoms with Crippen molar-refractivity contribution < 1.29 is 28.5 Å². The molecule has 0 radical (unpaired) electrons. The Hall–Kier alpha value is -3.12. The molecule has 6 nitrogen and oxygen atoms in total. The average Bonchev–Trinajstić information content (AvgIpc) is 2.97. The maximum atomic E-state index is 12.0. The Labute approximate surface area is 247 Å². The lowest BCUT2D eigenvalue weighted by atomic mass is 9.78. The van der Waals surface area contributed by atoms with Gasteiger partial charge in [0.15, 0.2) is 5.78 Å². The maximum absolute atomic E-state index is 12.0. The number of allylic oxidation sites excluding steroid dienone is 1. The Morgan fingerprint density at radius 3 is 1.63 bits per heavy atom. The van der Waals surface area contributed by atoms with Gasteiger partial charge >= 0.3 is 5.97 Å². The van der Waals surface area contributed by atoms with Gasteiger partial charge in [-0.1, -0.05) is 65.8 Å². The molecule has 0 bridgehead atoms. The Morgan fingerprint density at radius 2 is 1.20 bits per heavy atom. The summed E-state index contributed by atoms with van der Waals surface area (Å²) >= 11 is 0. The summed E-state index contributed by atoms with van der Waals surface area (Å²) in [4.78, 5) is 23.9. The number of ether oxygens (including phenoxy) is 4. The van der Waals surface area contributed by atoms with E-state index in [0.29, 0.717) is 12.4 Å². The van der Waals surface area contributed by atoms with Gasteiger partial charge in [-0.2, -0.15) is 0 Å². The van der Waals surface area contributed by atoms with Gasteiger partial charge in [0.1, 0.15) is 30.8 Å². The van der Waals surface area contributed by atoms with E-state index in [1.54, 1.807) is 6.92 Å². The van der Waals surface area contributed by atoms with Gasteiger partial charge in [-0.25, -0.2) is 4.79 Å². The summed E-state index contributed by atoms with van der Waals surface area (Å²) in [7, 11) is 0. The van der Waals surface area contributed by atoms with E-state index in [-0.39, 0.29) is 35.4 Å². The fourth-order valence-electron chi connectivity index (χ4n) is 4.25. The van der Waals surface area contributed by atoms with Crippen LogP contribution in [0.4, 0.5) is 0 Å². The van der Waals surface area contributed by atoms with Crippen LogP contribution in [0.2, 0.25) is 0 Å². The van der Waals surface area contributed by atoms with E-state index in [9.17, 15) is 9.59 Å². The topological polar surface area (TPSA) is 71.1 Å². The van der Waals surface area contributed by atoms with Crippen LogP contribution in [-0.2, 0) is 24.5 Å². The molecule has 2 rings (SSSR count). The molecule has 0 aliphatic carbocycles. The number of rotatable bonds is 17. The summed E-state index contributed by atoms with van der Waals surface area (Å²) in [6, 6.07) is 16.2. The van der Waals surface area contributed by atoms with Crippen molar-refractivity contribution >= 4 is 11.8 Å². The van der Waals surface area contributed by atoms with Crippen LogP contribution < -0.4 is 9.47 Å². The van der Waals surface area contributed by atoms with E-state index in [1.807, 2.05) is 38.1 Å². The molecule has 6 heteroatoms. The van der Waals surface area contributed by atoms with Crippen LogP contribution in [0.15, 0.2) is 60.7 Å². The van der Waals surface area contributed by atoms with Gasteiger partial charge in [0, 0.05) is 17.4 Å². The third-order valence-electron chi connectivity index (χ3n) is 7.90. The van der Waals surface area contributed by atoms with Gasteiger partial charge in [0.2, 0.25) is 0 Å². The van der Waals surface area contributed by atoms with Gasteiger partial charge in [0.05, 0.1) is 11.7 Å². The molecule has 2 aromatic carbocycles. The third-order valence-corrected chi connectivity index (χ3v) is 7.90. The van der Waals surface area contributed by atoms with Crippen molar-refractivity contribution in [2.45, 2.75) is 105 Å². The molecule has 0 aromatic heterocycles. The molecule has 0 spiro atoms. The molecule has 41 heavy (non-hydrogen) atoms. The van der Waals surface area contributed by atoms with Gasteiger partial charge < -0.3 is 18.9 Å². The number of hydrogen-bond donors (Lipinski definition) is 0. The monoisotopic (exact) mass is 566 g/mol. The fraction of sp³-hybridized carbons (Fsp3) is 0.543. The highest BCUT2D eigenvalue weighted by atomic mass is 16.6. The minimum Gasteiger partial charge on any atom is -0.491 e. The van der Waals surface area contributed by atoms with E-state index in [1.165, 1.54) is 17.7 Å². The first-order valence-corrected chi connectivity index (χ1v) is 14.9. The molecule has 0 aliphatic heterocycles. The molecule has 226 valence electrons. The lowest BCUT2D eigenvalue weighted by molar-refractivity contribution is -0.143. The molecule has 2 aromatic rings. The van der Waals surface area contributed by atoms with Crippen LogP contribution in [0, 0.1) is 5.92 Å². The number of esters is 1. The molecule has 0 saturated carbocycles. The molecule has 3 atom stereocenters. The highest BCUT2D eigenvalue weighted by Gasteiger charge is 2.25. The SMILES string of the molecule is CCC(C)C(=O)/C=C/C(=O)OC(C)COc1ccc(C(C)(C)c2ccc(OCC(C)OC(C)(CC)CC)cc2)cc1. The first kappa shape index (κ1) is 34.1. The number of hydrogen-bond acceptors (Lipinski definition) is 6. The zero-order valence-electron chi connectivity index (χ0n) is 26.5. The van der Waals surface area contributed by atoms with E-state index >= 15 is 0 Å². The molecule has 3 unspecified atom stereocenters. The lowest BCUT2D eigenvalue weighted by Crippen LogP contribution is -2.34. The molecular formula is C35H50O6. The van der Waals surface area contributed by atoms with Gasteiger partial charge in [-0.3, -0.25) is 4.79 Å². The summed E-state index contributed by atoms with van der Waals surface area (Å²) in [6.45, 7) is 19.1. The summed E-state index contributed by atoms with van der Waals surface area (Å²) in [5.41, 5.74) is 1.98. The number of benzene rings is 2. The molecule has 0 heterocycles. The second-order valence-electron chi connectivity index (χ2n) is 11.7. The summed E-state index contributed by atoms with van der Waals surface area (Å²) in [6.07, 6.45) is 4.70. The van der Waals surface area contributed by atoms with Crippen molar-refractivity contribution in [1.82, 2.24) is 0 Å². The molecule has 0 amide bonds. The molecule has 0 N–H and O–H groups in total. The van der Waals surface area contributed by atoms with Crippen LogP contribution >= 0.6 is 0 Å². The van der Waals surface area contributed by atoms with Crippen LogP contribution in [0.25, 0.3) is 0 Å². The predicted molar refractivity (Wildman–Crippen MR) is 165 cm³/mol. The lowest BCUT2D eigenvalue weighted by Gasteiger charge is -2.31. The highest BCUT2D eigenvalue weighted by molar-refractivity contribution is 5.96. The normalized spacial score (nSPS) is 14.4. The van der Waals surface area contributed by atoms with Gasteiger partial charge in [-0.05, 0) is 81.5 Å². The Balaban J connectivity index is 1.89. The minimum absolute atomic E-state index is 0.00812. The third kappa shape index (κ3) is 10.7. The summed E-state index contributed by atoms with van der Waals surface area (Å²) in [5.74, 6) is 0.777. The number of carbonyl (C=O) groups excluding carboxylic acids is 2. The summed E-state index contributed by atoms with van der Waals surface area (Å²) in [5, 5.41) is 0. The Bertz CT molecular complexity index is 1110.